The summed E-state index contributed by atoms with van der Waals surface area (Å²) in [6.45, 7) is 0. The molecule has 16 heavy (non-hydrogen) atoms. The summed E-state index contributed by atoms with van der Waals surface area (Å²) in [4.78, 5) is 21.4. The van der Waals surface area contributed by atoms with Crippen LogP contribution < -0.4 is 5.73 Å². The smallest absolute Gasteiger partial charge is 0.311 e. The van der Waals surface area contributed by atoms with E-state index in [-0.39, 0.29) is 5.56 Å². The van der Waals surface area contributed by atoms with E-state index in [0.717, 1.165) is 12.1 Å². The third-order valence-electron chi connectivity index (χ3n) is 2.06. The predicted molar refractivity (Wildman–Crippen MR) is 50.5 cm³/mol. The fraction of sp³-hybridized carbons (Fsp3) is 0.200. The lowest BCUT2D eigenvalue weighted by Gasteiger charge is -2.11. The molecule has 0 aliphatic heterocycles. The van der Waals surface area contributed by atoms with Crippen molar-refractivity contribution in [1.82, 2.24) is 0 Å². The van der Waals surface area contributed by atoms with Crippen LogP contribution in [0.5, 0.6) is 0 Å². The molecule has 0 fully saturated rings. The second-order valence-electron chi connectivity index (χ2n) is 3.20. The Balaban J connectivity index is 3.16. The molecule has 0 spiro atoms. The minimum Gasteiger partial charge on any atom is -0.481 e. The summed E-state index contributed by atoms with van der Waals surface area (Å²) >= 11 is 0. The summed E-state index contributed by atoms with van der Waals surface area (Å²) in [5.74, 6) is -6.21. The maximum atomic E-state index is 13.3. The highest BCUT2D eigenvalue weighted by atomic mass is 19.2. The lowest BCUT2D eigenvalue weighted by Crippen LogP contribution is -2.22. The van der Waals surface area contributed by atoms with Crippen molar-refractivity contribution in [3.05, 3.63) is 35.4 Å². The normalized spacial score (nSPS) is 12.1. The standard InChI is InChI=1S/C10H9F2NO3/c11-7-3-1-2-5(9(7)12)6(10(15)16)4-8(13)14/h1-3,6H,4H2,(H2,13,14)(H,15,16). The van der Waals surface area contributed by atoms with E-state index >= 15 is 0 Å². The Bertz CT molecular complexity index is 434. The molecule has 3 N–H and O–H groups in total. The van der Waals surface area contributed by atoms with Crippen molar-refractivity contribution >= 4 is 11.9 Å². The zero-order valence-electron chi connectivity index (χ0n) is 8.11. The molecule has 1 rings (SSSR count). The number of carbonyl (C=O) groups is 2. The summed E-state index contributed by atoms with van der Waals surface area (Å²) in [7, 11) is 0. The van der Waals surface area contributed by atoms with Crippen LogP contribution >= 0.6 is 0 Å². The second-order valence-corrected chi connectivity index (χ2v) is 3.20. The van der Waals surface area contributed by atoms with Crippen molar-refractivity contribution in [3.63, 3.8) is 0 Å². The zero-order valence-corrected chi connectivity index (χ0v) is 8.11. The summed E-state index contributed by atoms with van der Waals surface area (Å²) < 4.78 is 26.1. The van der Waals surface area contributed by atoms with Crippen molar-refractivity contribution in [1.29, 1.82) is 0 Å². The highest BCUT2D eigenvalue weighted by molar-refractivity contribution is 5.84. The molecule has 1 amide bonds. The fourth-order valence-corrected chi connectivity index (χ4v) is 1.32. The average Bonchev–Trinajstić information content (AvgIpc) is 2.18. The third-order valence-corrected chi connectivity index (χ3v) is 2.06. The number of rotatable bonds is 4. The van der Waals surface area contributed by atoms with Crippen molar-refractivity contribution in [2.24, 2.45) is 5.73 Å². The number of carboxylic acid groups (broad SMARTS) is 1. The SMILES string of the molecule is NC(=O)CC(C(=O)O)c1cccc(F)c1F. The second kappa shape index (κ2) is 4.69. The van der Waals surface area contributed by atoms with Gasteiger partial charge in [-0.1, -0.05) is 12.1 Å². The zero-order chi connectivity index (χ0) is 12.3. The number of amides is 1. The summed E-state index contributed by atoms with van der Waals surface area (Å²) in [6.07, 6.45) is -0.574. The Morgan fingerprint density at radius 1 is 1.38 bits per heavy atom. The van der Waals surface area contributed by atoms with E-state index in [0.29, 0.717) is 0 Å². The highest BCUT2D eigenvalue weighted by Crippen LogP contribution is 2.24. The fourth-order valence-electron chi connectivity index (χ4n) is 1.32. The first-order valence-electron chi connectivity index (χ1n) is 4.38. The van der Waals surface area contributed by atoms with Gasteiger partial charge in [0, 0.05) is 12.0 Å². The molecule has 0 aliphatic carbocycles. The van der Waals surface area contributed by atoms with E-state index in [2.05, 4.69) is 0 Å². The van der Waals surface area contributed by atoms with Crippen LogP contribution in [-0.2, 0) is 9.59 Å². The molecule has 1 unspecified atom stereocenters. The molecule has 0 heterocycles. The molecule has 4 nitrogen and oxygen atoms in total. The first-order chi connectivity index (χ1) is 7.43. The topological polar surface area (TPSA) is 80.4 Å². The molecule has 0 radical (unpaired) electrons. The quantitative estimate of drug-likeness (QED) is 0.808. The Hall–Kier alpha value is -1.98. The number of carboxylic acids is 1. The van der Waals surface area contributed by atoms with E-state index in [4.69, 9.17) is 10.8 Å². The number of halogens is 2. The van der Waals surface area contributed by atoms with Gasteiger partial charge in [-0.05, 0) is 6.07 Å². The summed E-state index contributed by atoms with van der Waals surface area (Å²) in [5, 5.41) is 8.79. The van der Waals surface area contributed by atoms with Crippen LogP contribution in [0.1, 0.15) is 17.9 Å². The molecule has 0 saturated carbocycles. The maximum Gasteiger partial charge on any atom is 0.311 e. The number of nitrogens with two attached hydrogens (primary N) is 1. The van der Waals surface area contributed by atoms with Gasteiger partial charge in [0.25, 0.3) is 0 Å². The van der Waals surface area contributed by atoms with E-state index in [9.17, 15) is 18.4 Å². The number of primary amides is 1. The van der Waals surface area contributed by atoms with Crippen LogP contribution in [0.4, 0.5) is 8.78 Å². The van der Waals surface area contributed by atoms with Gasteiger partial charge in [-0.2, -0.15) is 0 Å². The maximum absolute atomic E-state index is 13.3. The van der Waals surface area contributed by atoms with Crippen LogP contribution in [0.3, 0.4) is 0 Å². The van der Waals surface area contributed by atoms with E-state index < -0.39 is 35.8 Å². The number of carbonyl (C=O) groups excluding carboxylic acids is 1. The molecule has 1 atom stereocenters. The van der Waals surface area contributed by atoms with E-state index in [1.807, 2.05) is 0 Å². The summed E-state index contributed by atoms with van der Waals surface area (Å²) in [5.41, 5.74) is 4.46. The average molecular weight is 229 g/mol. The molecular formula is C10H9F2NO3. The van der Waals surface area contributed by atoms with Gasteiger partial charge in [-0.3, -0.25) is 9.59 Å². The lowest BCUT2D eigenvalue weighted by atomic mass is 9.95. The molecule has 0 bridgehead atoms. The van der Waals surface area contributed by atoms with Crippen LogP contribution in [-0.4, -0.2) is 17.0 Å². The molecule has 0 aromatic heterocycles. The molecule has 6 heteroatoms. The number of hydrogen-bond donors (Lipinski definition) is 2. The predicted octanol–water partition coefficient (Wildman–Crippen LogP) is 1.01. The van der Waals surface area contributed by atoms with Crippen LogP contribution in [0.15, 0.2) is 18.2 Å². The van der Waals surface area contributed by atoms with Crippen molar-refractivity contribution in [2.45, 2.75) is 12.3 Å². The van der Waals surface area contributed by atoms with Gasteiger partial charge in [-0.15, -0.1) is 0 Å². The van der Waals surface area contributed by atoms with E-state index in [1.165, 1.54) is 6.07 Å². The minimum atomic E-state index is -1.46. The van der Waals surface area contributed by atoms with Crippen LogP contribution in [0.2, 0.25) is 0 Å². The van der Waals surface area contributed by atoms with Gasteiger partial charge in [0.05, 0.1) is 5.92 Å². The summed E-state index contributed by atoms with van der Waals surface area (Å²) in [6, 6.07) is 3.15. The van der Waals surface area contributed by atoms with E-state index in [1.54, 1.807) is 0 Å². The largest absolute Gasteiger partial charge is 0.481 e. The molecule has 86 valence electrons. The molecule has 0 saturated heterocycles. The van der Waals surface area contributed by atoms with Crippen LogP contribution in [0.25, 0.3) is 0 Å². The van der Waals surface area contributed by atoms with Crippen molar-refractivity contribution in [3.8, 4) is 0 Å². The first kappa shape index (κ1) is 12.1. The molecule has 1 aromatic rings. The highest BCUT2D eigenvalue weighted by Gasteiger charge is 2.26. The van der Waals surface area contributed by atoms with Gasteiger partial charge in [0.1, 0.15) is 0 Å². The lowest BCUT2D eigenvalue weighted by molar-refractivity contribution is -0.140. The third kappa shape index (κ3) is 2.53. The first-order valence-corrected chi connectivity index (χ1v) is 4.38. The van der Waals surface area contributed by atoms with Gasteiger partial charge in [-0.25, -0.2) is 8.78 Å². The van der Waals surface area contributed by atoms with Crippen molar-refractivity contribution in [2.75, 3.05) is 0 Å². The number of aliphatic carboxylic acids is 1. The molecule has 1 aromatic carbocycles. The Morgan fingerprint density at radius 2 is 2.00 bits per heavy atom. The van der Waals surface area contributed by atoms with Crippen LogP contribution in [0, 0.1) is 11.6 Å². The monoisotopic (exact) mass is 229 g/mol. The van der Waals surface area contributed by atoms with Crippen molar-refractivity contribution < 1.29 is 23.5 Å². The number of hydrogen-bond acceptors (Lipinski definition) is 2. The minimum absolute atomic E-state index is 0.383. The van der Waals surface area contributed by atoms with Gasteiger partial charge in [0.2, 0.25) is 5.91 Å². The molecular weight excluding hydrogens is 220 g/mol. The van der Waals surface area contributed by atoms with Gasteiger partial charge in [0.15, 0.2) is 11.6 Å². The van der Waals surface area contributed by atoms with Gasteiger partial charge >= 0.3 is 5.97 Å². The Kier molecular flexibility index (Phi) is 3.55. The van der Waals surface area contributed by atoms with Gasteiger partial charge < -0.3 is 10.8 Å². The number of benzene rings is 1. The molecule has 0 aliphatic rings. The Morgan fingerprint density at radius 3 is 2.50 bits per heavy atom. The Labute approximate surface area is 89.7 Å².